The minimum atomic E-state index is -4.19. The first-order valence-electron chi connectivity index (χ1n) is 12.2. The number of likely N-dealkylation sites (N-methyl/N-ethyl adjacent to an activating group) is 1. The van der Waals surface area contributed by atoms with Gasteiger partial charge >= 0.3 is 0 Å². The molecule has 0 aromatic heterocycles. The highest BCUT2D eigenvalue weighted by Crippen LogP contribution is 2.30. The highest BCUT2D eigenvalue weighted by molar-refractivity contribution is 7.92. The van der Waals surface area contributed by atoms with E-state index in [0.717, 1.165) is 15.4 Å². The van der Waals surface area contributed by atoms with E-state index >= 15 is 0 Å². The van der Waals surface area contributed by atoms with Crippen LogP contribution < -0.4 is 9.62 Å². The van der Waals surface area contributed by atoms with Crippen LogP contribution in [0.5, 0.6) is 0 Å². The van der Waals surface area contributed by atoms with Gasteiger partial charge in [0.1, 0.15) is 12.6 Å². The van der Waals surface area contributed by atoms with Crippen LogP contribution in [0.1, 0.15) is 31.4 Å². The van der Waals surface area contributed by atoms with Gasteiger partial charge in [-0.2, -0.15) is 0 Å². The number of anilines is 1. The molecule has 38 heavy (non-hydrogen) atoms. The van der Waals surface area contributed by atoms with Crippen molar-refractivity contribution >= 4 is 50.7 Å². The number of nitrogens with one attached hydrogen (secondary N) is 1. The number of halogens is 2. The Bertz CT molecular complexity index is 1360. The number of carbonyl (C=O) groups excluding carboxylic acids is 2. The van der Waals surface area contributed by atoms with Gasteiger partial charge in [0.25, 0.3) is 10.0 Å². The van der Waals surface area contributed by atoms with Crippen molar-refractivity contribution in [2.75, 3.05) is 17.4 Å². The number of carbonyl (C=O) groups is 2. The van der Waals surface area contributed by atoms with E-state index in [2.05, 4.69) is 5.32 Å². The SMILES string of the molecule is CCNC(=O)[C@@H](CC)N(Cc1cccc(C)c1)C(=O)CN(c1cc(Cl)cc(Cl)c1)S(=O)(=O)c1ccccc1. The van der Waals surface area contributed by atoms with E-state index in [1.54, 1.807) is 25.1 Å². The molecule has 0 fully saturated rings. The van der Waals surface area contributed by atoms with Crippen molar-refractivity contribution in [1.82, 2.24) is 10.2 Å². The lowest BCUT2D eigenvalue weighted by Crippen LogP contribution is -2.52. The van der Waals surface area contributed by atoms with Gasteiger partial charge in [-0.25, -0.2) is 8.42 Å². The number of aryl methyl sites for hydroxylation is 1. The zero-order chi connectivity index (χ0) is 27.9. The molecule has 0 saturated carbocycles. The average Bonchev–Trinajstić information content (AvgIpc) is 2.87. The number of amides is 2. The summed E-state index contributed by atoms with van der Waals surface area (Å²) in [6.07, 6.45) is 0.345. The Morgan fingerprint density at radius 2 is 1.58 bits per heavy atom. The summed E-state index contributed by atoms with van der Waals surface area (Å²) in [4.78, 5) is 28.4. The normalized spacial score (nSPS) is 12.0. The van der Waals surface area contributed by atoms with Crippen LogP contribution in [0, 0.1) is 6.92 Å². The summed E-state index contributed by atoms with van der Waals surface area (Å²) in [5.74, 6) is -0.848. The molecule has 0 saturated heterocycles. The molecule has 1 atom stereocenters. The predicted molar refractivity (Wildman–Crippen MR) is 152 cm³/mol. The Kier molecular flexibility index (Phi) is 10.2. The van der Waals surface area contributed by atoms with E-state index in [4.69, 9.17) is 23.2 Å². The molecule has 0 unspecified atom stereocenters. The molecule has 2 amide bonds. The second kappa shape index (κ2) is 13.1. The van der Waals surface area contributed by atoms with Crippen molar-refractivity contribution in [1.29, 1.82) is 0 Å². The molecule has 0 aliphatic carbocycles. The summed E-state index contributed by atoms with van der Waals surface area (Å²) in [5.41, 5.74) is 1.97. The molecule has 0 bridgehead atoms. The Morgan fingerprint density at radius 1 is 0.921 bits per heavy atom. The van der Waals surface area contributed by atoms with Crippen molar-refractivity contribution in [3.05, 3.63) is 94.0 Å². The summed E-state index contributed by atoms with van der Waals surface area (Å²) >= 11 is 12.4. The Hall–Kier alpha value is -3.07. The van der Waals surface area contributed by atoms with Crippen LogP contribution in [-0.2, 0) is 26.2 Å². The molecule has 3 rings (SSSR count). The summed E-state index contributed by atoms with van der Waals surface area (Å²) in [6, 6.07) is 19.0. The van der Waals surface area contributed by atoms with Crippen LogP contribution in [0.4, 0.5) is 5.69 Å². The Morgan fingerprint density at radius 3 is 2.16 bits per heavy atom. The third-order valence-electron chi connectivity index (χ3n) is 5.92. The van der Waals surface area contributed by atoms with E-state index in [1.165, 1.54) is 35.2 Å². The molecule has 10 heteroatoms. The van der Waals surface area contributed by atoms with Gasteiger partial charge in [-0.3, -0.25) is 13.9 Å². The smallest absolute Gasteiger partial charge is 0.264 e. The maximum atomic E-state index is 13.9. The van der Waals surface area contributed by atoms with Crippen LogP contribution in [0.15, 0.2) is 77.7 Å². The second-order valence-corrected chi connectivity index (χ2v) is 11.5. The maximum absolute atomic E-state index is 13.9. The monoisotopic (exact) mass is 575 g/mol. The predicted octanol–water partition coefficient (Wildman–Crippen LogP) is 5.44. The van der Waals surface area contributed by atoms with Crippen LogP contribution in [0.3, 0.4) is 0 Å². The van der Waals surface area contributed by atoms with Crippen LogP contribution in [-0.4, -0.2) is 44.3 Å². The van der Waals surface area contributed by atoms with Crippen molar-refractivity contribution in [3.63, 3.8) is 0 Å². The maximum Gasteiger partial charge on any atom is 0.264 e. The van der Waals surface area contributed by atoms with Gasteiger partial charge in [0.05, 0.1) is 10.6 Å². The van der Waals surface area contributed by atoms with E-state index in [9.17, 15) is 18.0 Å². The minimum absolute atomic E-state index is 0.00454. The fourth-order valence-electron chi connectivity index (χ4n) is 4.15. The fraction of sp³-hybridized carbons (Fsp3) is 0.286. The average molecular weight is 577 g/mol. The van der Waals surface area contributed by atoms with Gasteiger partial charge in [-0.15, -0.1) is 0 Å². The first-order chi connectivity index (χ1) is 18.1. The molecule has 0 heterocycles. The quantitative estimate of drug-likeness (QED) is 0.330. The molecular formula is C28H31Cl2N3O4S. The van der Waals surface area contributed by atoms with Crippen molar-refractivity contribution < 1.29 is 18.0 Å². The molecule has 0 aliphatic rings. The molecule has 0 radical (unpaired) electrons. The number of benzene rings is 3. The summed E-state index contributed by atoms with van der Waals surface area (Å²) in [5, 5.41) is 3.23. The molecule has 3 aromatic carbocycles. The standard InChI is InChI=1S/C28H31Cl2N3O4S/c1-4-26(28(35)31-5-2)32(18-21-11-9-10-20(3)14-21)27(34)19-33(24-16-22(29)15-23(30)17-24)38(36,37)25-12-7-6-8-13-25/h6-17,26H,4-5,18-19H2,1-3H3,(H,31,35)/t26-/m1/s1. The second-order valence-electron chi connectivity index (χ2n) is 8.78. The van der Waals surface area contributed by atoms with Gasteiger partial charge in [0, 0.05) is 23.1 Å². The number of hydrogen-bond donors (Lipinski definition) is 1. The number of rotatable bonds is 11. The van der Waals surface area contributed by atoms with Crippen molar-refractivity contribution in [2.24, 2.45) is 0 Å². The molecule has 202 valence electrons. The number of sulfonamides is 1. The Labute approximate surface area is 234 Å². The largest absolute Gasteiger partial charge is 0.355 e. The topological polar surface area (TPSA) is 86.8 Å². The minimum Gasteiger partial charge on any atom is -0.355 e. The van der Waals surface area contributed by atoms with E-state index in [0.29, 0.717) is 13.0 Å². The molecule has 0 spiro atoms. The lowest BCUT2D eigenvalue weighted by Gasteiger charge is -2.33. The van der Waals surface area contributed by atoms with Crippen molar-refractivity contribution in [2.45, 2.75) is 44.7 Å². The molecular weight excluding hydrogens is 545 g/mol. The summed E-state index contributed by atoms with van der Waals surface area (Å²) in [7, 11) is -4.19. The highest BCUT2D eigenvalue weighted by atomic mass is 35.5. The lowest BCUT2D eigenvalue weighted by molar-refractivity contribution is -0.140. The van der Waals surface area contributed by atoms with Crippen LogP contribution in [0.25, 0.3) is 0 Å². The first-order valence-corrected chi connectivity index (χ1v) is 14.4. The summed E-state index contributed by atoms with van der Waals surface area (Å²) < 4.78 is 28.5. The van der Waals surface area contributed by atoms with Crippen LogP contribution >= 0.6 is 23.2 Å². The van der Waals surface area contributed by atoms with Gasteiger partial charge in [0.15, 0.2) is 0 Å². The van der Waals surface area contributed by atoms with Gasteiger partial charge < -0.3 is 10.2 Å². The van der Waals surface area contributed by atoms with Gasteiger partial charge in [-0.1, -0.05) is 78.2 Å². The molecule has 1 N–H and O–H groups in total. The highest BCUT2D eigenvalue weighted by Gasteiger charge is 2.33. The van der Waals surface area contributed by atoms with Crippen molar-refractivity contribution in [3.8, 4) is 0 Å². The third-order valence-corrected chi connectivity index (χ3v) is 8.14. The fourth-order valence-corrected chi connectivity index (χ4v) is 6.08. The van der Waals surface area contributed by atoms with Gasteiger partial charge in [-0.05, 0) is 56.2 Å². The molecule has 0 aliphatic heterocycles. The van der Waals surface area contributed by atoms with Crippen LogP contribution in [0.2, 0.25) is 10.0 Å². The first kappa shape index (κ1) is 29.5. The Balaban J connectivity index is 2.08. The third kappa shape index (κ3) is 7.28. The number of hydrogen-bond acceptors (Lipinski definition) is 4. The number of nitrogens with zero attached hydrogens (tertiary/aromatic N) is 2. The molecule has 7 nitrogen and oxygen atoms in total. The summed E-state index contributed by atoms with van der Waals surface area (Å²) in [6.45, 7) is 5.52. The zero-order valence-electron chi connectivity index (χ0n) is 21.5. The van der Waals surface area contributed by atoms with Gasteiger partial charge in [0.2, 0.25) is 11.8 Å². The van der Waals surface area contributed by atoms with E-state index in [1.807, 2.05) is 38.1 Å². The lowest BCUT2D eigenvalue weighted by atomic mass is 10.1. The van der Waals surface area contributed by atoms with E-state index < -0.39 is 28.5 Å². The molecule has 3 aromatic rings. The van der Waals surface area contributed by atoms with E-state index in [-0.39, 0.29) is 33.1 Å². The zero-order valence-corrected chi connectivity index (χ0v) is 23.9.